The molecular formula is C27H30N6. The van der Waals surface area contributed by atoms with Crippen molar-refractivity contribution in [2.45, 2.75) is 33.4 Å². The molecule has 2 aromatic carbocycles. The summed E-state index contributed by atoms with van der Waals surface area (Å²) in [5.74, 6) is 1.72. The molecule has 0 spiro atoms. The van der Waals surface area contributed by atoms with Gasteiger partial charge in [0.25, 0.3) is 0 Å². The Morgan fingerprint density at radius 2 is 1.79 bits per heavy atom. The average Bonchev–Trinajstić information content (AvgIpc) is 3.41. The van der Waals surface area contributed by atoms with Crippen LogP contribution in [0.4, 0.5) is 5.82 Å². The molecule has 0 aliphatic rings. The molecule has 6 nitrogen and oxygen atoms in total. The number of aromatic nitrogens is 4. The van der Waals surface area contributed by atoms with Gasteiger partial charge in [-0.05, 0) is 49.7 Å². The second-order valence-corrected chi connectivity index (χ2v) is 8.72. The van der Waals surface area contributed by atoms with E-state index in [0.717, 1.165) is 65.6 Å². The molecule has 0 bridgehead atoms. The largest absolute Gasteiger partial charge is 0.370 e. The third kappa shape index (κ3) is 4.47. The first kappa shape index (κ1) is 21.2. The van der Waals surface area contributed by atoms with Crippen LogP contribution < -0.4 is 5.32 Å². The molecule has 5 rings (SSSR count). The highest BCUT2D eigenvalue weighted by atomic mass is 15.1. The lowest BCUT2D eigenvalue weighted by Crippen LogP contribution is -2.17. The molecule has 0 atom stereocenters. The first-order valence-electron chi connectivity index (χ1n) is 11.6. The van der Waals surface area contributed by atoms with Gasteiger partial charge in [0.2, 0.25) is 0 Å². The van der Waals surface area contributed by atoms with Gasteiger partial charge in [-0.2, -0.15) is 0 Å². The van der Waals surface area contributed by atoms with Crippen LogP contribution in [0, 0.1) is 6.92 Å². The molecule has 3 aromatic heterocycles. The summed E-state index contributed by atoms with van der Waals surface area (Å²) in [6.45, 7) is 6.79. The molecule has 0 saturated heterocycles. The van der Waals surface area contributed by atoms with Gasteiger partial charge in [-0.1, -0.05) is 49.4 Å². The number of fused-ring (bicyclic) bond motifs is 2. The van der Waals surface area contributed by atoms with E-state index in [-0.39, 0.29) is 0 Å². The van der Waals surface area contributed by atoms with Gasteiger partial charge in [0.15, 0.2) is 5.65 Å². The zero-order valence-corrected chi connectivity index (χ0v) is 19.4. The van der Waals surface area contributed by atoms with Crippen molar-refractivity contribution in [1.29, 1.82) is 0 Å². The maximum atomic E-state index is 4.70. The second kappa shape index (κ2) is 9.08. The van der Waals surface area contributed by atoms with Crippen LogP contribution >= 0.6 is 0 Å². The van der Waals surface area contributed by atoms with E-state index >= 15 is 0 Å². The van der Waals surface area contributed by atoms with Gasteiger partial charge in [-0.3, -0.25) is 4.90 Å². The van der Waals surface area contributed by atoms with Crippen LogP contribution in [0.1, 0.15) is 30.3 Å². The number of hydrogen-bond donors (Lipinski definition) is 3. The number of benzene rings is 2. The quantitative estimate of drug-likeness (QED) is 0.283. The summed E-state index contributed by atoms with van der Waals surface area (Å²) in [6, 6.07) is 21.5. The Morgan fingerprint density at radius 1 is 0.939 bits per heavy atom. The van der Waals surface area contributed by atoms with Crippen molar-refractivity contribution < 1.29 is 0 Å². The maximum Gasteiger partial charge on any atom is 0.180 e. The number of hydrogen-bond acceptors (Lipinski definition) is 4. The van der Waals surface area contributed by atoms with Gasteiger partial charge in [0.05, 0.1) is 5.52 Å². The van der Waals surface area contributed by atoms with Crippen molar-refractivity contribution in [3.8, 4) is 11.3 Å². The summed E-state index contributed by atoms with van der Waals surface area (Å²) in [6.07, 6.45) is 1.04. The number of imidazole rings is 1. The lowest BCUT2D eigenvalue weighted by atomic mass is 10.1. The number of nitrogens with one attached hydrogen (secondary N) is 3. The molecule has 0 aliphatic carbocycles. The summed E-state index contributed by atoms with van der Waals surface area (Å²) in [5.41, 5.74) is 7.62. The van der Waals surface area contributed by atoms with E-state index in [1.54, 1.807) is 0 Å². The Bertz CT molecular complexity index is 1380. The van der Waals surface area contributed by atoms with Crippen molar-refractivity contribution in [2.75, 3.05) is 18.9 Å². The van der Waals surface area contributed by atoms with Crippen LogP contribution in [0.2, 0.25) is 0 Å². The Kier molecular flexibility index (Phi) is 5.84. The van der Waals surface area contributed by atoms with Crippen LogP contribution in [0.15, 0.2) is 60.7 Å². The van der Waals surface area contributed by atoms with Crippen LogP contribution in [-0.4, -0.2) is 38.4 Å². The first-order chi connectivity index (χ1) is 16.1. The topological polar surface area (TPSA) is 72.6 Å². The molecule has 5 aromatic rings. The highest BCUT2D eigenvalue weighted by molar-refractivity contribution is 5.96. The minimum Gasteiger partial charge on any atom is -0.370 e. The zero-order chi connectivity index (χ0) is 22.8. The van der Waals surface area contributed by atoms with Gasteiger partial charge in [-0.15, -0.1) is 0 Å². The van der Waals surface area contributed by atoms with E-state index in [1.807, 2.05) is 6.92 Å². The van der Waals surface area contributed by atoms with Crippen LogP contribution in [0.3, 0.4) is 0 Å². The normalized spacial score (nSPS) is 11.6. The summed E-state index contributed by atoms with van der Waals surface area (Å²) in [7, 11) is 2.17. The van der Waals surface area contributed by atoms with Gasteiger partial charge < -0.3 is 15.3 Å². The van der Waals surface area contributed by atoms with E-state index in [2.05, 4.69) is 99.8 Å². The van der Waals surface area contributed by atoms with Gasteiger partial charge in [-0.25, -0.2) is 9.97 Å². The molecule has 3 N–H and O–H groups in total. The second-order valence-electron chi connectivity index (χ2n) is 8.72. The third-order valence-electron chi connectivity index (χ3n) is 5.92. The van der Waals surface area contributed by atoms with Crippen molar-refractivity contribution in [1.82, 2.24) is 24.8 Å². The van der Waals surface area contributed by atoms with Crippen molar-refractivity contribution >= 4 is 27.9 Å². The Hall–Kier alpha value is -3.64. The summed E-state index contributed by atoms with van der Waals surface area (Å²) in [4.78, 5) is 18.7. The molecule has 0 fully saturated rings. The SMILES string of the molecule is CCCNc1cc(-c2cc3c(CN(C)Cc4ccccc4)cccc3[nH]2)c2[nH]c(C)nc2n1. The number of anilines is 1. The number of pyridine rings is 1. The van der Waals surface area contributed by atoms with E-state index in [9.17, 15) is 0 Å². The highest BCUT2D eigenvalue weighted by Gasteiger charge is 2.15. The number of aryl methyl sites for hydroxylation is 1. The van der Waals surface area contributed by atoms with Gasteiger partial charge in [0.1, 0.15) is 11.6 Å². The number of rotatable bonds is 8. The van der Waals surface area contributed by atoms with Crippen molar-refractivity contribution in [3.05, 3.63) is 77.6 Å². The van der Waals surface area contributed by atoms with Crippen molar-refractivity contribution in [3.63, 3.8) is 0 Å². The molecule has 33 heavy (non-hydrogen) atoms. The number of H-pyrrole nitrogens is 2. The lowest BCUT2D eigenvalue weighted by Gasteiger charge is -2.17. The standard InChI is InChI=1S/C27H30N6/c1-4-13-28-25-15-22(26-27(32-25)30-18(2)29-26)24-14-21-20(11-8-12-23(21)31-24)17-33(3)16-19-9-6-5-7-10-19/h5-12,14-15,31H,4,13,16-17H2,1-3H3,(H2,28,29,30,32). The average molecular weight is 439 g/mol. The van der Waals surface area contributed by atoms with Gasteiger partial charge in [0, 0.05) is 41.8 Å². The fraction of sp³-hybridized carbons (Fsp3) is 0.259. The lowest BCUT2D eigenvalue weighted by molar-refractivity contribution is 0.320. The monoisotopic (exact) mass is 438 g/mol. The van der Waals surface area contributed by atoms with Crippen LogP contribution in [0.25, 0.3) is 33.3 Å². The molecule has 0 aliphatic heterocycles. The van der Waals surface area contributed by atoms with E-state index in [0.29, 0.717) is 0 Å². The third-order valence-corrected chi connectivity index (χ3v) is 5.92. The van der Waals surface area contributed by atoms with E-state index in [1.165, 1.54) is 16.5 Å². The summed E-state index contributed by atoms with van der Waals surface area (Å²) in [5, 5.41) is 4.66. The minimum absolute atomic E-state index is 0.741. The Balaban J connectivity index is 1.51. The summed E-state index contributed by atoms with van der Waals surface area (Å²) >= 11 is 0. The molecule has 6 heteroatoms. The van der Waals surface area contributed by atoms with Crippen LogP contribution in [0.5, 0.6) is 0 Å². The number of aromatic amines is 2. The van der Waals surface area contributed by atoms with Gasteiger partial charge >= 0.3 is 0 Å². The maximum absolute atomic E-state index is 4.70. The molecule has 0 radical (unpaired) electrons. The zero-order valence-electron chi connectivity index (χ0n) is 19.4. The van der Waals surface area contributed by atoms with Crippen LogP contribution in [-0.2, 0) is 13.1 Å². The Morgan fingerprint density at radius 3 is 2.61 bits per heavy atom. The fourth-order valence-corrected chi connectivity index (χ4v) is 4.40. The predicted octanol–water partition coefficient (Wildman–Crippen LogP) is 5.87. The molecule has 0 saturated carbocycles. The number of nitrogens with zero attached hydrogens (tertiary/aromatic N) is 3. The predicted molar refractivity (Wildman–Crippen MR) is 136 cm³/mol. The minimum atomic E-state index is 0.741. The molecule has 0 unspecified atom stereocenters. The summed E-state index contributed by atoms with van der Waals surface area (Å²) < 4.78 is 0. The fourth-order valence-electron chi connectivity index (χ4n) is 4.40. The van der Waals surface area contributed by atoms with Crippen molar-refractivity contribution in [2.24, 2.45) is 0 Å². The Labute approximate surface area is 194 Å². The molecular weight excluding hydrogens is 408 g/mol. The van der Waals surface area contributed by atoms with E-state index < -0.39 is 0 Å². The smallest absolute Gasteiger partial charge is 0.180 e. The highest BCUT2D eigenvalue weighted by Crippen LogP contribution is 2.32. The van der Waals surface area contributed by atoms with E-state index in [4.69, 9.17) is 4.98 Å². The molecule has 0 amide bonds. The molecule has 168 valence electrons. The molecule has 3 heterocycles. The first-order valence-corrected chi connectivity index (χ1v) is 11.6.